The smallest absolute Gasteiger partial charge is 0.306 e. The average Bonchev–Trinajstić information content (AvgIpc) is 2.44. The number of aliphatic hydroxyl groups is 4. The highest BCUT2D eigenvalue weighted by atomic mass is 16.7. The number of aliphatic hydroxyl groups excluding tert-OH is 4. The predicted molar refractivity (Wildman–Crippen MR) is 79.4 cm³/mol. The van der Waals surface area contributed by atoms with Crippen LogP contribution in [0.5, 0.6) is 0 Å². The average molecular weight is 336 g/mol. The third kappa shape index (κ3) is 6.70. The Kier molecular flexibility index (Phi) is 7.85. The van der Waals surface area contributed by atoms with Gasteiger partial charge in [-0.1, -0.05) is 0 Å². The van der Waals surface area contributed by atoms with E-state index in [-0.39, 0.29) is 19.0 Å². The molecular weight excluding hydrogens is 308 g/mol. The quantitative estimate of drug-likeness (QED) is 0.356. The van der Waals surface area contributed by atoms with E-state index in [1.54, 1.807) is 20.8 Å². The summed E-state index contributed by atoms with van der Waals surface area (Å²) in [6, 6.07) is 0. The lowest BCUT2D eigenvalue weighted by molar-refractivity contribution is -0.301. The first-order valence-electron chi connectivity index (χ1n) is 7.79. The Morgan fingerprint density at radius 2 is 1.74 bits per heavy atom. The van der Waals surface area contributed by atoms with Crippen LogP contribution in [0.3, 0.4) is 0 Å². The van der Waals surface area contributed by atoms with Gasteiger partial charge in [-0.25, -0.2) is 0 Å². The summed E-state index contributed by atoms with van der Waals surface area (Å²) in [5, 5.41) is 38.1. The van der Waals surface area contributed by atoms with Gasteiger partial charge in [0.1, 0.15) is 30.0 Å². The fourth-order valence-corrected chi connectivity index (χ4v) is 2.17. The highest BCUT2D eigenvalue weighted by Crippen LogP contribution is 2.22. The highest BCUT2D eigenvalue weighted by molar-refractivity contribution is 5.69. The van der Waals surface area contributed by atoms with E-state index in [0.717, 1.165) is 0 Å². The molecule has 0 aromatic heterocycles. The Balaban J connectivity index is 2.26. The fourth-order valence-electron chi connectivity index (χ4n) is 2.17. The Morgan fingerprint density at radius 1 is 1.09 bits per heavy atom. The van der Waals surface area contributed by atoms with Gasteiger partial charge in [-0.05, 0) is 33.6 Å². The molecule has 8 heteroatoms. The predicted octanol–water partition coefficient (Wildman–Crippen LogP) is -0.685. The van der Waals surface area contributed by atoms with E-state index in [4.69, 9.17) is 19.3 Å². The number of carbonyl (C=O) groups excluding carboxylic acids is 1. The van der Waals surface area contributed by atoms with Gasteiger partial charge in [0.25, 0.3) is 0 Å². The first-order valence-corrected chi connectivity index (χ1v) is 7.79. The van der Waals surface area contributed by atoms with Gasteiger partial charge in [0, 0.05) is 13.0 Å². The first kappa shape index (κ1) is 20.3. The Morgan fingerprint density at radius 3 is 2.30 bits per heavy atom. The van der Waals surface area contributed by atoms with E-state index < -0.39 is 42.9 Å². The second-order valence-electron chi connectivity index (χ2n) is 6.61. The second-order valence-corrected chi connectivity index (χ2v) is 6.61. The normalized spacial score (nSPS) is 31.9. The number of esters is 1. The van der Waals surface area contributed by atoms with Crippen LogP contribution in [0, 0.1) is 0 Å². The number of hydrogen-bond donors (Lipinski definition) is 4. The lowest BCUT2D eigenvalue weighted by Gasteiger charge is -2.39. The lowest BCUT2D eigenvalue weighted by atomic mass is 9.99. The molecule has 0 aromatic rings. The summed E-state index contributed by atoms with van der Waals surface area (Å²) in [7, 11) is 0. The molecule has 136 valence electrons. The number of hydrogen-bond acceptors (Lipinski definition) is 8. The maximum Gasteiger partial charge on any atom is 0.306 e. The minimum absolute atomic E-state index is 0.200. The van der Waals surface area contributed by atoms with Crippen LogP contribution in [0.1, 0.15) is 40.0 Å². The molecule has 1 saturated heterocycles. The molecule has 4 N–H and O–H groups in total. The molecule has 8 nitrogen and oxygen atoms in total. The van der Waals surface area contributed by atoms with Crippen LogP contribution in [0.2, 0.25) is 0 Å². The van der Waals surface area contributed by atoms with Crippen LogP contribution in [-0.4, -0.2) is 75.9 Å². The molecule has 1 fully saturated rings. The molecule has 0 spiro atoms. The standard InChI is InChI=1S/C15H28O8/c1-15(2,3)23-10(17)6-4-5-7-21-14-13(20)12(19)11(18)9(8-16)22-14/h9,11-14,16,18-20H,4-8H2,1-3H3. The molecule has 5 atom stereocenters. The van der Waals surface area contributed by atoms with E-state index in [9.17, 15) is 20.1 Å². The maximum atomic E-state index is 11.5. The third-order valence-electron chi connectivity index (χ3n) is 3.33. The van der Waals surface area contributed by atoms with Gasteiger partial charge in [-0.3, -0.25) is 4.79 Å². The van der Waals surface area contributed by atoms with Crippen LogP contribution in [-0.2, 0) is 19.0 Å². The Bertz CT molecular complexity index is 365. The van der Waals surface area contributed by atoms with Crippen molar-refractivity contribution in [3.8, 4) is 0 Å². The SMILES string of the molecule is CC(C)(C)OC(=O)CCCCOC1OC(CO)C(O)C(O)C1O. The van der Waals surface area contributed by atoms with Crippen molar-refractivity contribution < 1.29 is 39.4 Å². The Hall–Kier alpha value is -0.770. The summed E-state index contributed by atoms with van der Waals surface area (Å²) in [5.41, 5.74) is -0.510. The molecule has 0 radical (unpaired) electrons. The van der Waals surface area contributed by atoms with Gasteiger partial charge in [-0.2, -0.15) is 0 Å². The molecule has 0 bridgehead atoms. The number of ether oxygens (including phenoxy) is 3. The number of unbranched alkanes of at least 4 members (excludes halogenated alkanes) is 1. The monoisotopic (exact) mass is 336 g/mol. The molecule has 1 aliphatic rings. The molecule has 5 unspecified atom stereocenters. The third-order valence-corrected chi connectivity index (χ3v) is 3.33. The minimum atomic E-state index is -1.45. The molecule has 0 amide bonds. The summed E-state index contributed by atoms with van der Waals surface area (Å²) in [5.74, 6) is -0.287. The molecule has 0 saturated carbocycles. The largest absolute Gasteiger partial charge is 0.460 e. The van der Waals surface area contributed by atoms with Crippen LogP contribution < -0.4 is 0 Å². The maximum absolute atomic E-state index is 11.5. The van der Waals surface area contributed by atoms with Crippen LogP contribution in [0.25, 0.3) is 0 Å². The highest BCUT2D eigenvalue weighted by Gasteiger charge is 2.43. The zero-order chi connectivity index (χ0) is 17.6. The van der Waals surface area contributed by atoms with E-state index >= 15 is 0 Å². The zero-order valence-corrected chi connectivity index (χ0v) is 13.8. The fraction of sp³-hybridized carbons (Fsp3) is 0.933. The summed E-state index contributed by atoms with van der Waals surface area (Å²) >= 11 is 0. The minimum Gasteiger partial charge on any atom is -0.460 e. The molecule has 1 heterocycles. The number of carbonyl (C=O) groups is 1. The molecule has 0 aliphatic carbocycles. The Labute approximate surface area is 136 Å². The van der Waals surface area contributed by atoms with Crippen molar-refractivity contribution in [2.75, 3.05) is 13.2 Å². The molecule has 0 aromatic carbocycles. The van der Waals surface area contributed by atoms with Crippen LogP contribution >= 0.6 is 0 Å². The molecule has 23 heavy (non-hydrogen) atoms. The van der Waals surface area contributed by atoms with Crippen molar-refractivity contribution >= 4 is 5.97 Å². The van der Waals surface area contributed by atoms with Crippen molar-refractivity contribution in [2.24, 2.45) is 0 Å². The van der Waals surface area contributed by atoms with Crippen molar-refractivity contribution in [3.05, 3.63) is 0 Å². The summed E-state index contributed by atoms with van der Waals surface area (Å²) in [6.45, 7) is 5.10. The van der Waals surface area contributed by atoms with Gasteiger partial charge < -0.3 is 34.6 Å². The summed E-state index contributed by atoms with van der Waals surface area (Å²) < 4.78 is 15.7. The van der Waals surface area contributed by atoms with E-state index in [1.165, 1.54) is 0 Å². The number of rotatable bonds is 7. The summed E-state index contributed by atoms with van der Waals surface area (Å²) in [6.07, 6.45) is -5.03. The van der Waals surface area contributed by atoms with Gasteiger partial charge >= 0.3 is 5.97 Å². The van der Waals surface area contributed by atoms with Crippen molar-refractivity contribution in [1.29, 1.82) is 0 Å². The molecular formula is C15H28O8. The second kappa shape index (κ2) is 8.91. The summed E-state index contributed by atoms with van der Waals surface area (Å²) in [4.78, 5) is 11.5. The van der Waals surface area contributed by atoms with E-state index in [1.807, 2.05) is 0 Å². The molecule has 1 rings (SSSR count). The van der Waals surface area contributed by atoms with Crippen molar-refractivity contribution in [2.45, 2.75) is 76.3 Å². The van der Waals surface area contributed by atoms with Crippen molar-refractivity contribution in [1.82, 2.24) is 0 Å². The van der Waals surface area contributed by atoms with Crippen molar-refractivity contribution in [3.63, 3.8) is 0 Å². The first-order chi connectivity index (χ1) is 10.7. The van der Waals surface area contributed by atoms with E-state index in [0.29, 0.717) is 12.8 Å². The van der Waals surface area contributed by atoms with E-state index in [2.05, 4.69) is 0 Å². The van der Waals surface area contributed by atoms with Crippen LogP contribution in [0.15, 0.2) is 0 Å². The zero-order valence-electron chi connectivity index (χ0n) is 13.8. The van der Waals surface area contributed by atoms with Gasteiger partial charge in [0.15, 0.2) is 6.29 Å². The van der Waals surface area contributed by atoms with Gasteiger partial charge in [0.2, 0.25) is 0 Å². The van der Waals surface area contributed by atoms with Gasteiger partial charge in [0.05, 0.1) is 6.61 Å². The molecule has 1 aliphatic heterocycles. The van der Waals surface area contributed by atoms with Gasteiger partial charge in [-0.15, -0.1) is 0 Å². The van der Waals surface area contributed by atoms with Crippen LogP contribution in [0.4, 0.5) is 0 Å². The lowest BCUT2D eigenvalue weighted by Crippen LogP contribution is -2.59. The topological polar surface area (TPSA) is 126 Å².